The number of hydrogen-bond donors (Lipinski definition) is 0. The van der Waals surface area contributed by atoms with Gasteiger partial charge in [0, 0.05) is 0 Å². The van der Waals surface area contributed by atoms with E-state index in [0.29, 0.717) is 11.1 Å². The van der Waals surface area contributed by atoms with Crippen molar-refractivity contribution in [1.29, 1.82) is 5.26 Å². The Morgan fingerprint density at radius 1 is 0.733 bits per heavy atom. The first-order chi connectivity index (χ1) is 14.5. The minimum absolute atomic E-state index is 0.318. The van der Waals surface area contributed by atoms with Crippen molar-refractivity contribution in [2.75, 3.05) is 0 Å². The van der Waals surface area contributed by atoms with Crippen LogP contribution in [0.15, 0.2) is 78.9 Å². The van der Waals surface area contributed by atoms with Gasteiger partial charge in [0.05, 0.1) is 17.2 Å². The number of allylic oxidation sites excluding steroid dienone is 1. The summed E-state index contributed by atoms with van der Waals surface area (Å²) in [5.74, 6) is 0. The zero-order chi connectivity index (χ0) is 20.9. The van der Waals surface area contributed by atoms with Crippen LogP contribution in [0.25, 0.3) is 44.0 Å². The molecule has 0 bridgehead atoms. The van der Waals surface area contributed by atoms with Gasteiger partial charge in [0.25, 0.3) is 0 Å². The van der Waals surface area contributed by atoms with Gasteiger partial charge in [-0.15, -0.1) is 0 Å². The lowest BCUT2D eigenvalue weighted by atomic mass is 9.91. The molecule has 0 aromatic heterocycles. The van der Waals surface area contributed by atoms with E-state index in [2.05, 4.69) is 36.4 Å². The molecular weight excluding hydrogens is 383 g/mol. The van der Waals surface area contributed by atoms with Gasteiger partial charge in [-0.05, 0) is 61.7 Å². The molecule has 0 unspecified atom stereocenters. The predicted octanol–water partition coefficient (Wildman–Crippen LogP) is 7.67. The number of rotatable bonds is 2. The number of nitriles is 1. The highest BCUT2D eigenvalue weighted by atomic mass is 19.4. The van der Waals surface area contributed by atoms with Crippen molar-refractivity contribution >= 4 is 44.0 Å². The van der Waals surface area contributed by atoms with E-state index < -0.39 is 11.7 Å². The second-order valence-electron chi connectivity index (χ2n) is 7.26. The van der Waals surface area contributed by atoms with E-state index in [1.165, 1.54) is 17.5 Å². The third kappa shape index (κ3) is 2.87. The highest BCUT2D eigenvalue weighted by molar-refractivity contribution is 6.24. The monoisotopic (exact) mass is 397 g/mol. The Morgan fingerprint density at radius 2 is 1.33 bits per heavy atom. The summed E-state index contributed by atoms with van der Waals surface area (Å²) < 4.78 is 38.5. The van der Waals surface area contributed by atoms with Gasteiger partial charge in [-0.2, -0.15) is 18.4 Å². The molecule has 30 heavy (non-hydrogen) atoms. The number of halogens is 3. The van der Waals surface area contributed by atoms with Crippen LogP contribution in [-0.2, 0) is 6.18 Å². The molecule has 0 heterocycles. The zero-order valence-corrected chi connectivity index (χ0v) is 15.7. The molecule has 0 amide bonds. The smallest absolute Gasteiger partial charge is 0.192 e. The van der Waals surface area contributed by atoms with Crippen molar-refractivity contribution in [1.82, 2.24) is 0 Å². The van der Waals surface area contributed by atoms with E-state index in [4.69, 9.17) is 0 Å². The lowest BCUT2D eigenvalue weighted by Crippen LogP contribution is -2.04. The molecule has 0 atom stereocenters. The van der Waals surface area contributed by atoms with Crippen molar-refractivity contribution in [2.24, 2.45) is 0 Å². The summed E-state index contributed by atoms with van der Waals surface area (Å²) in [6.45, 7) is 0. The van der Waals surface area contributed by atoms with Gasteiger partial charge in [-0.1, -0.05) is 66.7 Å². The number of alkyl halides is 3. The maximum Gasteiger partial charge on any atom is 0.416 e. The molecule has 5 rings (SSSR count). The third-order valence-electron chi connectivity index (χ3n) is 5.51. The normalized spacial score (nSPS) is 12.7. The molecule has 4 heteroatoms. The Balaban J connectivity index is 1.70. The molecule has 0 saturated heterocycles. The van der Waals surface area contributed by atoms with Gasteiger partial charge in [0.15, 0.2) is 0 Å². The Labute approximate surface area is 170 Å². The van der Waals surface area contributed by atoms with E-state index >= 15 is 0 Å². The Morgan fingerprint density at radius 3 is 1.97 bits per heavy atom. The molecule has 0 aliphatic carbocycles. The van der Waals surface area contributed by atoms with Gasteiger partial charge in [-0.25, -0.2) is 0 Å². The van der Waals surface area contributed by atoms with Gasteiger partial charge in [0.2, 0.25) is 0 Å². The number of benzene rings is 5. The fraction of sp³-hybridized carbons (Fsp3) is 0.0385. The second-order valence-corrected chi connectivity index (χ2v) is 7.26. The molecule has 0 radical (unpaired) electrons. The average molecular weight is 397 g/mol. The lowest BCUT2D eigenvalue weighted by Gasteiger charge is -2.13. The van der Waals surface area contributed by atoms with Gasteiger partial charge < -0.3 is 0 Å². The van der Waals surface area contributed by atoms with Gasteiger partial charge in [0.1, 0.15) is 0 Å². The van der Waals surface area contributed by atoms with Crippen LogP contribution in [0.4, 0.5) is 13.2 Å². The van der Waals surface area contributed by atoms with E-state index in [0.717, 1.165) is 44.6 Å². The van der Waals surface area contributed by atoms with Crippen LogP contribution in [0.2, 0.25) is 0 Å². The van der Waals surface area contributed by atoms with Crippen molar-refractivity contribution in [3.63, 3.8) is 0 Å². The van der Waals surface area contributed by atoms with Crippen LogP contribution in [0.5, 0.6) is 0 Å². The summed E-state index contributed by atoms with van der Waals surface area (Å²) in [7, 11) is 0. The van der Waals surface area contributed by atoms with Crippen molar-refractivity contribution < 1.29 is 13.2 Å². The first kappa shape index (κ1) is 18.2. The molecule has 1 nitrogen and oxygen atoms in total. The molecule has 0 aliphatic heterocycles. The second kappa shape index (κ2) is 6.60. The highest BCUT2D eigenvalue weighted by Crippen LogP contribution is 2.37. The number of nitrogens with zero attached hydrogens (tertiary/aromatic N) is 1. The van der Waals surface area contributed by atoms with Crippen molar-refractivity contribution in [3.8, 4) is 6.07 Å². The number of hydrogen-bond acceptors (Lipinski definition) is 1. The van der Waals surface area contributed by atoms with E-state index in [9.17, 15) is 18.4 Å². The molecular formula is C26H14F3N. The Hall–Kier alpha value is -3.84. The molecule has 0 aliphatic rings. The summed E-state index contributed by atoms with van der Waals surface area (Å²) in [5.41, 5.74) is 0.901. The van der Waals surface area contributed by atoms with Crippen LogP contribution in [-0.4, -0.2) is 0 Å². The largest absolute Gasteiger partial charge is 0.416 e. The standard InChI is InChI=1S/C26H14F3N/c27-26(28,29)22-11-8-16(9-12-22)21(15-30)14-20-7-6-19-5-4-17-2-1-3-18-10-13-23(20)25(19)24(17)18/h1-14H/b21-14+. The lowest BCUT2D eigenvalue weighted by molar-refractivity contribution is -0.137. The molecule has 5 aromatic carbocycles. The predicted molar refractivity (Wildman–Crippen MR) is 115 cm³/mol. The van der Waals surface area contributed by atoms with E-state index in [1.54, 1.807) is 6.08 Å². The third-order valence-corrected chi connectivity index (χ3v) is 5.51. The minimum Gasteiger partial charge on any atom is -0.192 e. The quantitative estimate of drug-likeness (QED) is 0.170. The van der Waals surface area contributed by atoms with Crippen molar-refractivity contribution in [3.05, 3.63) is 95.6 Å². The molecule has 0 saturated carbocycles. The zero-order valence-electron chi connectivity index (χ0n) is 15.7. The van der Waals surface area contributed by atoms with Crippen LogP contribution in [0.3, 0.4) is 0 Å². The first-order valence-electron chi connectivity index (χ1n) is 9.42. The summed E-state index contributed by atoms with van der Waals surface area (Å²) in [4.78, 5) is 0. The fourth-order valence-electron chi connectivity index (χ4n) is 4.06. The highest BCUT2D eigenvalue weighted by Gasteiger charge is 2.30. The molecule has 144 valence electrons. The van der Waals surface area contributed by atoms with Gasteiger partial charge in [-0.3, -0.25) is 0 Å². The van der Waals surface area contributed by atoms with Crippen LogP contribution in [0.1, 0.15) is 16.7 Å². The topological polar surface area (TPSA) is 23.8 Å². The summed E-state index contributed by atoms with van der Waals surface area (Å²) in [6, 6.07) is 25.3. The van der Waals surface area contributed by atoms with E-state index in [1.807, 2.05) is 24.3 Å². The van der Waals surface area contributed by atoms with Crippen LogP contribution < -0.4 is 0 Å². The van der Waals surface area contributed by atoms with Crippen molar-refractivity contribution in [2.45, 2.75) is 6.18 Å². The van der Waals surface area contributed by atoms with Crippen LogP contribution in [0, 0.1) is 11.3 Å². The average Bonchev–Trinajstić information content (AvgIpc) is 2.76. The van der Waals surface area contributed by atoms with E-state index in [-0.39, 0.29) is 0 Å². The maximum absolute atomic E-state index is 12.8. The van der Waals surface area contributed by atoms with Gasteiger partial charge >= 0.3 is 6.18 Å². The Bertz CT molecular complexity index is 1450. The summed E-state index contributed by atoms with van der Waals surface area (Å²) >= 11 is 0. The minimum atomic E-state index is -4.40. The SMILES string of the molecule is N#C/C(=C\c1ccc2ccc3cccc4ccc1c2c34)c1ccc(C(F)(F)F)cc1. The summed E-state index contributed by atoms with van der Waals surface area (Å²) in [5, 5.41) is 16.4. The molecule has 5 aromatic rings. The summed E-state index contributed by atoms with van der Waals surface area (Å²) in [6.07, 6.45) is -2.66. The first-order valence-corrected chi connectivity index (χ1v) is 9.42. The van der Waals surface area contributed by atoms with Crippen LogP contribution >= 0.6 is 0 Å². The molecule has 0 fully saturated rings. The fourth-order valence-corrected chi connectivity index (χ4v) is 4.06. The Kier molecular flexibility index (Phi) is 4.01. The molecule has 0 spiro atoms. The molecule has 0 N–H and O–H groups in total. The maximum atomic E-state index is 12.8.